The number of amides is 1. The Bertz CT molecular complexity index is 828. The van der Waals surface area contributed by atoms with Gasteiger partial charge in [0.15, 0.2) is 0 Å². The minimum Gasteiger partial charge on any atom is -0.404 e. The number of benzene rings is 1. The van der Waals surface area contributed by atoms with E-state index in [9.17, 15) is 4.79 Å². The number of piperidine rings is 1. The lowest BCUT2D eigenvalue weighted by molar-refractivity contribution is -0.199. The number of rotatable bonds is 8. The summed E-state index contributed by atoms with van der Waals surface area (Å²) < 4.78 is 13.3. The average Bonchev–Trinajstić information content (AvgIpc) is 3.17. The predicted molar refractivity (Wildman–Crippen MR) is 132 cm³/mol. The average molecular weight is 452 g/mol. The molecular weight excluding hydrogens is 411 g/mol. The van der Waals surface area contributed by atoms with Crippen molar-refractivity contribution in [3.63, 3.8) is 0 Å². The Morgan fingerprint density at radius 3 is 2.67 bits per heavy atom. The SMILES string of the molecule is CC1(C)[C@@H]2C[C@H]3OB([C@H](Cc4ccccc4)NC(=O)CCCC4CCNCC4)O[C@@]3(C)[C@H]1C2. The molecule has 5 nitrogen and oxygen atoms in total. The van der Waals surface area contributed by atoms with E-state index < -0.39 is 0 Å². The number of nitrogens with one attached hydrogen (secondary N) is 2. The van der Waals surface area contributed by atoms with Crippen LogP contribution < -0.4 is 10.6 Å². The molecule has 3 saturated carbocycles. The van der Waals surface area contributed by atoms with E-state index in [4.69, 9.17) is 9.31 Å². The highest BCUT2D eigenvalue weighted by Gasteiger charge is 2.68. The van der Waals surface area contributed by atoms with Crippen LogP contribution in [0, 0.1) is 23.2 Å². The van der Waals surface area contributed by atoms with Crippen LogP contribution in [0.5, 0.6) is 0 Å². The van der Waals surface area contributed by atoms with Crippen LogP contribution in [0.15, 0.2) is 30.3 Å². The summed E-state index contributed by atoms with van der Waals surface area (Å²) >= 11 is 0. The van der Waals surface area contributed by atoms with E-state index in [1.54, 1.807) is 0 Å². The van der Waals surface area contributed by atoms with Crippen molar-refractivity contribution < 1.29 is 14.1 Å². The summed E-state index contributed by atoms with van der Waals surface area (Å²) in [6.07, 6.45) is 8.33. The van der Waals surface area contributed by atoms with Gasteiger partial charge in [0.05, 0.1) is 17.6 Å². The molecule has 0 radical (unpaired) electrons. The lowest BCUT2D eigenvalue weighted by Crippen LogP contribution is -2.65. The Morgan fingerprint density at radius 2 is 1.94 bits per heavy atom. The maximum absolute atomic E-state index is 13.0. The zero-order chi connectivity index (χ0) is 23.1. The molecule has 5 fully saturated rings. The molecule has 2 aliphatic heterocycles. The fourth-order valence-electron chi connectivity index (χ4n) is 7.16. The first-order valence-electron chi connectivity index (χ1n) is 13.2. The van der Waals surface area contributed by atoms with Gasteiger partial charge in [-0.15, -0.1) is 0 Å². The maximum atomic E-state index is 13.0. The van der Waals surface area contributed by atoms with Gasteiger partial charge in [0.1, 0.15) is 0 Å². The topological polar surface area (TPSA) is 59.6 Å². The van der Waals surface area contributed by atoms with E-state index in [0.717, 1.165) is 50.6 Å². The molecule has 6 heteroatoms. The van der Waals surface area contributed by atoms with Crippen molar-refractivity contribution in [3.05, 3.63) is 35.9 Å². The molecule has 33 heavy (non-hydrogen) atoms. The monoisotopic (exact) mass is 452 g/mol. The summed E-state index contributed by atoms with van der Waals surface area (Å²) in [6.45, 7) is 9.25. The first kappa shape index (κ1) is 23.4. The summed E-state index contributed by atoms with van der Waals surface area (Å²) in [6, 6.07) is 10.4. The molecule has 5 atom stereocenters. The normalized spacial score (nSPS) is 33.8. The molecule has 180 valence electrons. The van der Waals surface area contributed by atoms with E-state index in [2.05, 4.69) is 55.7 Å². The molecule has 0 spiro atoms. The van der Waals surface area contributed by atoms with Gasteiger partial charge in [0.25, 0.3) is 0 Å². The zero-order valence-corrected chi connectivity index (χ0v) is 20.6. The summed E-state index contributed by atoms with van der Waals surface area (Å²) in [7, 11) is -0.385. The fraction of sp³-hybridized carbons (Fsp3) is 0.741. The summed E-state index contributed by atoms with van der Waals surface area (Å²) in [5, 5.41) is 6.74. The van der Waals surface area contributed by atoms with Crippen LogP contribution in [-0.4, -0.2) is 43.8 Å². The van der Waals surface area contributed by atoms with Gasteiger partial charge in [-0.1, -0.05) is 44.2 Å². The number of hydrogen-bond acceptors (Lipinski definition) is 4. The second-order valence-electron chi connectivity index (χ2n) is 11.8. The summed E-state index contributed by atoms with van der Waals surface area (Å²) in [5.41, 5.74) is 1.27. The Labute approximate surface area is 199 Å². The highest BCUT2D eigenvalue weighted by atomic mass is 16.7. The van der Waals surface area contributed by atoms with Crippen LogP contribution in [0.25, 0.3) is 0 Å². The van der Waals surface area contributed by atoms with E-state index in [1.165, 1.54) is 24.8 Å². The van der Waals surface area contributed by atoms with Crippen molar-refractivity contribution in [3.8, 4) is 0 Å². The molecule has 1 amide bonds. The molecule has 2 heterocycles. The Balaban J connectivity index is 1.23. The minimum atomic E-state index is -0.385. The molecule has 2 saturated heterocycles. The fourth-order valence-corrected chi connectivity index (χ4v) is 7.16. The third-order valence-corrected chi connectivity index (χ3v) is 9.42. The van der Waals surface area contributed by atoms with Crippen molar-refractivity contribution in [1.82, 2.24) is 10.6 Å². The minimum absolute atomic E-state index is 0.127. The number of carbonyl (C=O) groups is 1. The molecule has 1 aromatic rings. The first-order chi connectivity index (χ1) is 15.9. The molecule has 3 aliphatic carbocycles. The highest BCUT2D eigenvalue weighted by Crippen LogP contribution is 2.65. The van der Waals surface area contributed by atoms with Crippen LogP contribution in [0.4, 0.5) is 0 Å². The standard InChI is InChI=1S/C27H41BN2O3/c1-26(2)21-17-22(26)27(3)23(18-21)32-28(33-27)24(16-20-8-5-4-6-9-20)30-25(31)11-7-10-19-12-14-29-15-13-19/h4-6,8-9,19,21-24,29H,7,10-18H2,1-3H3,(H,30,31)/t21-,22-,23+,24-,27-/m0/s1. The number of carbonyl (C=O) groups excluding carboxylic acids is 1. The van der Waals surface area contributed by atoms with Gasteiger partial charge in [-0.05, 0) is 93.7 Å². The van der Waals surface area contributed by atoms with Gasteiger partial charge in [-0.3, -0.25) is 4.79 Å². The molecular formula is C27H41BN2O3. The summed E-state index contributed by atoms with van der Waals surface area (Å²) in [4.78, 5) is 13.0. The Morgan fingerprint density at radius 1 is 1.18 bits per heavy atom. The Kier molecular flexibility index (Phi) is 6.63. The van der Waals surface area contributed by atoms with Gasteiger partial charge in [-0.25, -0.2) is 0 Å². The smallest absolute Gasteiger partial charge is 0.404 e. The molecule has 2 N–H and O–H groups in total. The molecule has 1 aromatic carbocycles. The number of hydrogen-bond donors (Lipinski definition) is 2. The van der Waals surface area contributed by atoms with Crippen LogP contribution >= 0.6 is 0 Å². The molecule has 0 aromatic heterocycles. The zero-order valence-electron chi connectivity index (χ0n) is 20.6. The molecule has 6 rings (SSSR count). The van der Waals surface area contributed by atoms with Gasteiger partial charge >= 0.3 is 7.12 Å². The quantitative estimate of drug-likeness (QED) is 0.582. The van der Waals surface area contributed by atoms with Crippen LogP contribution in [0.1, 0.15) is 71.3 Å². The van der Waals surface area contributed by atoms with Gasteiger partial charge in [0.2, 0.25) is 5.91 Å². The predicted octanol–water partition coefficient (Wildman–Crippen LogP) is 4.15. The van der Waals surface area contributed by atoms with Crippen molar-refractivity contribution in [2.75, 3.05) is 13.1 Å². The van der Waals surface area contributed by atoms with Crippen molar-refractivity contribution in [2.45, 2.75) is 89.8 Å². The second-order valence-corrected chi connectivity index (χ2v) is 11.8. The van der Waals surface area contributed by atoms with Crippen molar-refractivity contribution >= 4 is 13.0 Å². The van der Waals surface area contributed by atoms with E-state index in [-0.39, 0.29) is 30.7 Å². The van der Waals surface area contributed by atoms with E-state index in [0.29, 0.717) is 17.8 Å². The van der Waals surface area contributed by atoms with Gasteiger partial charge in [0, 0.05) is 6.42 Å². The molecule has 0 unspecified atom stereocenters. The van der Waals surface area contributed by atoms with Crippen molar-refractivity contribution in [2.24, 2.45) is 23.2 Å². The largest absolute Gasteiger partial charge is 0.482 e. The lowest BCUT2D eigenvalue weighted by atomic mass is 9.43. The highest BCUT2D eigenvalue weighted by molar-refractivity contribution is 6.48. The third kappa shape index (κ3) is 4.63. The van der Waals surface area contributed by atoms with E-state index >= 15 is 0 Å². The summed E-state index contributed by atoms with van der Waals surface area (Å²) in [5.74, 6) is 1.97. The van der Waals surface area contributed by atoms with Crippen LogP contribution in [0.2, 0.25) is 0 Å². The van der Waals surface area contributed by atoms with Crippen molar-refractivity contribution in [1.29, 1.82) is 0 Å². The second kappa shape index (κ2) is 9.35. The van der Waals surface area contributed by atoms with Crippen LogP contribution in [0.3, 0.4) is 0 Å². The van der Waals surface area contributed by atoms with Gasteiger partial charge in [-0.2, -0.15) is 0 Å². The molecule has 2 bridgehead atoms. The third-order valence-electron chi connectivity index (χ3n) is 9.42. The van der Waals surface area contributed by atoms with Crippen LogP contribution in [-0.2, 0) is 20.5 Å². The Hall–Kier alpha value is -1.37. The first-order valence-corrected chi connectivity index (χ1v) is 13.2. The lowest BCUT2D eigenvalue weighted by Gasteiger charge is -2.64. The maximum Gasteiger partial charge on any atom is 0.482 e. The molecule has 5 aliphatic rings. The van der Waals surface area contributed by atoms with Gasteiger partial charge < -0.3 is 19.9 Å². The van der Waals surface area contributed by atoms with E-state index in [1.807, 2.05) is 6.07 Å².